The molecule has 6 nitrogen and oxygen atoms in total. The number of aromatic carboxylic acids is 1. The fourth-order valence-corrected chi connectivity index (χ4v) is 3.81. The monoisotopic (exact) mass is 381 g/mol. The maximum atomic E-state index is 13.4. The number of rotatable bonds is 3. The smallest absolute Gasteiger partial charge is 0.335 e. The molecule has 0 unspecified atom stereocenters. The van der Waals surface area contributed by atoms with E-state index in [2.05, 4.69) is 0 Å². The standard InChI is InChI=1S/C22H23NO5/c1-22(2,17-5-6-18-19(12-17)28-10-9-27-18)21(26)23-8-7-14-3-4-15(20(24)25)11-16(14)13-23/h3-6,11-12H,7-10,13H2,1-2H3,(H,24,25). The van der Waals surface area contributed by atoms with Gasteiger partial charge in [0.05, 0.1) is 11.0 Å². The van der Waals surface area contributed by atoms with Crippen molar-refractivity contribution in [3.8, 4) is 11.5 Å². The average molecular weight is 381 g/mol. The van der Waals surface area contributed by atoms with Gasteiger partial charge in [0, 0.05) is 13.1 Å². The van der Waals surface area contributed by atoms with E-state index in [1.807, 2.05) is 43.0 Å². The fourth-order valence-electron chi connectivity index (χ4n) is 3.81. The van der Waals surface area contributed by atoms with Gasteiger partial charge in [0.25, 0.3) is 0 Å². The average Bonchev–Trinajstić information content (AvgIpc) is 2.71. The van der Waals surface area contributed by atoms with Crippen molar-refractivity contribution in [3.63, 3.8) is 0 Å². The molecule has 2 heterocycles. The van der Waals surface area contributed by atoms with Gasteiger partial charge in [-0.2, -0.15) is 0 Å². The summed E-state index contributed by atoms with van der Waals surface area (Å²) in [6, 6.07) is 10.8. The molecule has 0 radical (unpaired) electrons. The van der Waals surface area contributed by atoms with E-state index in [1.54, 1.807) is 12.1 Å². The molecule has 4 rings (SSSR count). The Morgan fingerprint density at radius 1 is 1.00 bits per heavy atom. The highest BCUT2D eigenvalue weighted by Crippen LogP contribution is 2.36. The van der Waals surface area contributed by atoms with E-state index in [0.717, 1.165) is 23.1 Å². The van der Waals surface area contributed by atoms with E-state index in [-0.39, 0.29) is 11.5 Å². The Bertz CT molecular complexity index is 950. The fraction of sp³-hybridized carbons (Fsp3) is 0.364. The van der Waals surface area contributed by atoms with Gasteiger partial charge in [-0.25, -0.2) is 4.79 Å². The summed E-state index contributed by atoms with van der Waals surface area (Å²) in [6.45, 7) is 5.88. The van der Waals surface area contributed by atoms with Crippen molar-refractivity contribution in [2.75, 3.05) is 19.8 Å². The van der Waals surface area contributed by atoms with Gasteiger partial charge >= 0.3 is 5.97 Å². The zero-order valence-electron chi connectivity index (χ0n) is 16.0. The first-order valence-corrected chi connectivity index (χ1v) is 9.41. The third-order valence-corrected chi connectivity index (χ3v) is 5.55. The Morgan fingerprint density at radius 2 is 1.75 bits per heavy atom. The van der Waals surface area contributed by atoms with Crippen LogP contribution in [0.15, 0.2) is 36.4 Å². The predicted octanol–water partition coefficient (Wildman–Crippen LogP) is 3.02. The molecule has 1 amide bonds. The van der Waals surface area contributed by atoms with Gasteiger partial charge in [-0.3, -0.25) is 4.79 Å². The number of amides is 1. The van der Waals surface area contributed by atoms with E-state index in [1.165, 1.54) is 0 Å². The summed E-state index contributed by atoms with van der Waals surface area (Å²) in [5.74, 6) is 0.421. The summed E-state index contributed by atoms with van der Waals surface area (Å²) in [6.07, 6.45) is 0.720. The molecule has 2 aliphatic heterocycles. The highest BCUT2D eigenvalue weighted by molar-refractivity contribution is 5.89. The SMILES string of the molecule is CC(C)(C(=O)N1CCc2ccc(C(=O)O)cc2C1)c1ccc2c(c1)OCCO2. The Labute approximate surface area is 163 Å². The summed E-state index contributed by atoms with van der Waals surface area (Å²) in [5.41, 5.74) is 2.38. The lowest BCUT2D eigenvalue weighted by atomic mass is 9.82. The van der Waals surface area contributed by atoms with Gasteiger partial charge in [-0.05, 0) is 61.2 Å². The second-order valence-electron chi connectivity index (χ2n) is 7.75. The number of carbonyl (C=O) groups is 2. The van der Waals surface area contributed by atoms with E-state index in [0.29, 0.717) is 37.8 Å². The number of benzene rings is 2. The van der Waals surface area contributed by atoms with Crippen LogP contribution < -0.4 is 9.47 Å². The molecule has 6 heteroatoms. The van der Waals surface area contributed by atoms with Crippen molar-refractivity contribution in [2.45, 2.75) is 32.2 Å². The van der Waals surface area contributed by atoms with Crippen molar-refractivity contribution in [3.05, 3.63) is 58.7 Å². The summed E-state index contributed by atoms with van der Waals surface area (Å²) in [7, 11) is 0. The topological polar surface area (TPSA) is 76.1 Å². The van der Waals surface area contributed by atoms with Crippen LogP contribution in [0.3, 0.4) is 0 Å². The number of ether oxygens (including phenoxy) is 2. The molecule has 0 atom stereocenters. The molecular weight excluding hydrogens is 358 g/mol. The number of carbonyl (C=O) groups excluding carboxylic acids is 1. The molecule has 0 saturated heterocycles. The molecule has 0 saturated carbocycles. The lowest BCUT2D eigenvalue weighted by molar-refractivity contribution is -0.137. The van der Waals surface area contributed by atoms with Crippen molar-refractivity contribution >= 4 is 11.9 Å². The highest BCUT2D eigenvalue weighted by atomic mass is 16.6. The summed E-state index contributed by atoms with van der Waals surface area (Å²) < 4.78 is 11.2. The number of hydrogen-bond acceptors (Lipinski definition) is 4. The van der Waals surface area contributed by atoms with E-state index < -0.39 is 11.4 Å². The van der Waals surface area contributed by atoms with Crippen LogP contribution in [-0.2, 0) is 23.2 Å². The minimum atomic E-state index is -0.956. The molecule has 0 fully saturated rings. The van der Waals surface area contributed by atoms with Gasteiger partial charge < -0.3 is 19.5 Å². The van der Waals surface area contributed by atoms with Crippen LogP contribution in [0.5, 0.6) is 11.5 Å². The molecule has 2 aliphatic rings. The molecule has 2 aromatic rings. The lowest BCUT2D eigenvalue weighted by Crippen LogP contribution is -2.45. The zero-order chi connectivity index (χ0) is 19.9. The Morgan fingerprint density at radius 3 is 2.50 bits per heavy atom. The van der Waals surface area contributed by atoms with Crippen LogP contribution in [-0.4, -0.2) is 41.6 Å². The Balaban J connectivity index is 1.58. The molecule has 28 heavy (non-hydrogen) atoms. The largest absolute Gasteiger partial charge is 0.486 e. The normalized spacial score (nSPS) is 15.7. The van der Waals surface area contributed by atoms with E-state index >= 15 is 0 Å². The van der Waals surface area contributed by atoms with Crippen molar-refractivity contribution in [2.24, 2.45) is 0 Å². The molecule has 0 spiro atoms. The first kappa shape index (κ1) is 18.3. The Hall–Kier alpha value is -3.02. The lowest BCUT2D eigenvalue weighted by Gasteiger charge is -2.36. The second kappa shape index (κ2) is 6.86. The molecule has 1 N–H and O–H groups in total. The first-order chi connectivity index (χ1) is 13.4. The Kier molecular flexibility index (Phi) is 4.49. The number of carboxylic acids is 1. The first-order valence-electron chi connectivity index (χ1n) is 9.41. The van der Waals surface area contributed by atoms with Gasteiger partial charge in [0.15, 0.2) is 11.5 Å². The maximum Gasteiger partial charge on any atom is 0.335 e. The summed E-state index contributed by atoms with van der Waals surface area (Å²) in [5, 5.41) is 9.23. The molecule has 0 bridgehead atoms. The number of fused-ring (bicyclic) bond motifs is 2. The van der Waals surface area contributed by atoms with Crippen LogP contribution in [0.25, 0.3) is 0 Å². The van der Waals surface area contributed by atoms with E-state index in [4.69, 9.17) is 9.47 Å². The molecular formula is C22H23NO5. The van der Waals surface area contributed by atoms with Crippen LogP contribution >= 0.6 is 0 Å². The predicted molar refractivity (Wildman–Crippen MR) is 103 cm³/mol. The van der Waals surface area contributed by atoms with Crippen molar-refractivity contribution < 1.29 is 24.2 Å². The van der Waals surface area contributed by atoms with Crippen LogP contribution in [0.1, 0.15) is 40.9 Å². The van der Waals surface area contributed by atoms with Crippen LogP contribution in [0.4, 0.5) is 0 Å². The highest BCUT2D eigenvalue weighted by Gasteiger charge is 2.36. The summed E-state index contributed by atoms with van der Waals surface area (Å²) in [4.78, 5) is 26.4. The van der Waals surface area contributed by atoms with Crippen LogP contribution in [0, 0.1) is 0 Å². The molecule has 0 aromatic heterocycles. The van der Waals surface area contributed by atoms with Crippen molar-refractivity contribution in [1.82, 2.24) is 4.90 Å². The number of hydrogen-bond donors (Lipinski definition) is 1. The third-order valence-electron chi connectivity index (χ3n) is 5.55. The molecule has 146 valence electrons. The van der Waals surface area contributed by atoms with Crippen molar-refractivity contribution in [1.29, 1.82) is 0 Å². The quantitative estimate of drug-likeness (QED) is 0.885. The minimum absolute atomic E-state index is 0.00977. The zero-order valence-corrected chi connectivity index (χ0v) is 16.0. The number of carboxylic acid groups (broad SMARTS) is 1. The van der Waals surface area contributed by atoms with Gasteiger partial charge in [0.1, 0.15) is 13.2 Å². The van der Waals surface area contributed by atoms with E-state index in [9.17, 15) is 14.7 Å². The molecule has 0 aliphatic carbocycles. The van der Waals surface area contributed by atoms with Gasteiger partial charge in [-0.15, -0.1) is 0 Å². The maximum absolute atomic E-state index is 13.4. The van der Waals surface area contributed by atoms with Gasteiger partial charge in [-0.1, -0.05) is 12.1 Å². The third kappa shape index (κ3) is 3.19. The molecule has 2 aromatic carbocycles. The summed E-state index contributed by atoms with van der Waals surface area (Å²) >= 11 is 0. The second-order valence-corrected chi connectivity index (χ2v) is 7.75. The number of nitrogens with zero attached hydrogens (tertiary/aromatic N) is 1. The minimum Gasteiger partial charge on any atom is -0.486 e. The van der Waals surface area contributed by atoms with Gasteiger partial charge in [0.2, 0.25) is 5.91 Å². The van der Waals surface area contributed by atoms with Crippen LogP contribution in [0.2, 0.25) is 0 Å².